The maximum Gasteiger partial charge on any atom is 0.246 e. The molecule has 3 amide bonds. The van der Waals surface area contributed by atoms with Crippen LogP contribution in [0.3, 0.4) is 0 Å². The molecule has 308 valence electrons. The summed E-state index contributed by atoms with van der Waals surface area (Å²) in [5.41, 5.74) is 6.96. The molecule has 0 aliphatic carbocycles. The lowest BCUT2D eigenvalue weighted by Crippen LogP contribution is -2.59. The largest absolute Gasteiger partial charge is 0.507 e. The van der Waals surface area contributed by atoms with Crippen molar-refractivity contribution in [3.8, 4) is 38.6 Å². The molecule has 2 saturated heterocycles. The predicted octanol–water partition coefficient (Wildman–Crippen LogP) is 4.84. The number of rotatable bonds is 11. The van der Waals surface area contributed by atoms with Crippen LogP contribution in [0.25, 0.3) is 32.8 Å². The Morgan fingerprint density at radius 1 is 0.915 bits per heavy atom. The first-order valence-electron chi connectivity index (χ1n) is 19.9. The molecule has 3 aromatic heterocycles. The maximum absolute atomic E-state index is 14.2. The summed E-state index contributed by atoms with van der Waals surface area (Å²) >= 11 is 1.58. The number of nitrogens with zero attached hydrogens (tertiary/aromatic N) is 7. The Morgan fingerprint density at radius 3 is 2.31 bits per heavy atom. The number of aromatic nitrogens is 4. The summed E-state index contributed by atoms with van der Waals surface area (Å²) in [6, 6.07) is 18.7. The molecule has 59 heavy (non-hydrogen) atoms. The van der Waals surface area contributed by atoms with Gasteiger partial charge in [0.2, 0.25) is 17.7 Å². The Hall–Kier alpha value is -5.77. The molecule has 0 bridgehead atoms. The number of aliphatic hydroxyl groups excluding tert-OH is 1. The first-order valence-corrected chi connectivity index (χ1v) is 20.8. The van der Waals surface area contributed by atoms with Crippen LogP contribution in [0.1, 0.15) is 51.4 Å². The molecule has 2 aromatic carbocycles. The molecule has 7 rings (SSSR count). The first-order chi connectivity index (χ1) is 28.2. The number of carbonyl (C=O) groups is 3. The number of phenols is 1. The van der Waals surface area contributed by atoms with Gasteiger partial charge in [0, 0.05) is 62.0 Å². The average Bonchev–Trinajstić information content (AvgIpc) is 3.85. The second kappa shape index (κ2) is 17.6. The van der Waals surface area contributed by atoms with Gasteiger partial charge in [-0.3, -0.25) is 19.3 Å². The summed E-state index contributed by atoms with van der Waals surface area (Å²) in [4.78, 5) is 57.2. The van der Waals surface area contributed by atoms with E-state index in [1.807, 2.05) is 88.7 Å². The summed E-state index contributed by atoms with van der Waals surface area (Å²) in [6.07, 6.45) is 2.71. The minimum absolute atomic E-state index is 0.00630. The van der Waals surface area contributed by atoms with Crippen LogP contribution >= 0.6 is 11.3 Å². The van der Waals surface area contributed by atoms with Crippen molar-refractivity contribution in [3.05, 3.63) is 95.9 Å². The lowest BCUT2D eigenvalue weighted by Gasteiger charge is -2.37. The first kappa shape index (κ1) is 41.4. The SMILES string of the molecule is Cc1ncsc1-c1ccc([C@H](C)NC(=O)[C@@H]2C[C@@H](O)CN2C(=O)C(NC(=O)CN2CCN(c3ccc(-c4cnnc(-c5ccccc5O)c4)cn3)CC2)C(C)(C)C)cc1. The zero-order valence-electron chi connectivity index (χ0n) is 34.0. The number of benzene rings is 2. The highest BCUT2D eigenvalue weighted by molar-refractivity contribution is 7.13. The van der Waals surface area contributed by atoms with Gasteiger partial charge >= 0.3 is 0 Å². The third-order valence-electron chi connectivity index (χ3n) is 11.0. The molecule has 4 N–H and O–H groups in total. The molecule has 0 saturated carbocycles. The normalized spacial score (nSPS) is 18.3. The van der Waals surface area contributed by atoms with Crippen LogP contribution in [0.4, 0.5) is 5.82 Å². The van der Waals surface area contributed by atoms with Crippen LogP contribution in [0.2, 0.25) is 0 Å². The van der Waals surface area contributed by atoms with Gasteiger partial charge in [-0.2, -0.15) is 10.2 Å². The summed E-state index contributed by atoms with van der Waals surface area (Å²) in [7, 11) is 0. The summed E-state index contributed by atoms with van der Waals surface area (Å²) < 4.78 is 0. The molecule has 0 radical (unpaired) electrons. The minimum Gasteiger partial charge on any atom is -0.507 e. The van der Waals surface area contributed by atoms with Crippen molar-refractivity contribution in [3.63, 3.8) is 0 Å². The molecule has 5 aromatic rings. The van der Waals surface area contributed by atoms with Gasteiger partial charge in [0.1, 0.15) is 23.7 Å². The number of likely N-dealkylation sites (tertiary alicyclic amines) is 1. The molecule has 1 unspecified atom stereocenters. The van der Waals surface area contributed by atoms with E-state index < -0.39 is 29.5 Å². The van der Waals surface area contributed by atoms with E-state index >= 15 is 0 Å². The van der Waals surface area contributed by atoms with Crippen molar-refractivity contribution in [1.82, 2.24) is 40.6 Å². The molecule has 15 heteroatoms. The van der Waals surface area contributed by atoms with E-state index in [4.69, 9.17) is 4.98 Å². The van der Waals surface area contributed by atoms with E-state index in [1.165, 1.54) is 4.90 Å². The van der Waals surface area contributed by atoms with Crippen molar-refractivity contribution < 1.29 is 24.6 Å². The molecule has 2 fully saturated rings. The molecule has 0 spiro atoms. The summed E-state index contributed by atoms with van der Waals surface area (Å²) in [5.74, 6) is -0.0693. The van der Waals surface area contributed by atoms with Crippen LogP contribution < -0.4 is 15.5 Å². The van der Waals surface area contributed by atoms with Crippen molar-refractivity contribution in [2.45, 2.75) is 65.3 Å². The number of carbonyl (C=O) groups excluding carboxylic acids is 3. The van der Waals surface area contributed by atoms with E-state index in [0.29, 0.717) is 37.4 Å². The number of piperazine rings is 1. The predicted molar refractivity (Wildman–Crippen MR) is 227 cm³/mol. The van der Waals surface area contributed by atoms with E-state index in [-0.39, 0.29) is 43.1 Å². The molecule has 4 atom stereocenters. The van der Waals surface area contributed by atoms with E-state index in [2.05, 4.69) is 35.6 Å². The summed E-state index contributed by atoms with van der Waals surface area (Å²) in [6.45, 7) is 12.2. The highest BCUT2D eigenvalue weighted by Gasteiger charge is 2.45. The van der Waals surface area contributed by atoms with Crippen molar-refractivity contribution in [2.24, 2.45) is 5.41 Å². The number of thiazole rings is 1. The van der Waals surface area contributed by atoms with Crippen molar-refractivity contribution in [1.29, 1.82) is 0 Å². The van der Waals surface area contributed by atoms with Gasteiger partial charge in [0.25, 0.3) is 0 Å². The molecular weight excluding hydrogens is 767 g/mol. The van der Waals surface area contributed by atoms with E-state index in [1.54, 1.807) is 41.9 Å². The Morgan fingerprint density at radius 2 is 1.64 bits per heavy atom. The van der Waals surface area contributed by atoms with E-state index in [9.17, 15) is 24.6 Å². The topological polar surface area (TPSA) is 177 Å². The van der Waals surface area contributed by atoms with Crippen LogP contribution in [0, 0.1) is 12.3 Å². The Balaban J connectivity index is 0.924. The average molecular weight is 818 g/mol. The van der Waals surface area contributed by atoms with Gasteiger partial charge in [-0.1, -0.05) is 57.2 Å². The number of phenolic OH excluding ortho intramolecular Hbond substituents is 1. The number of hydrogen-bond acceptors (Lipinski definition) is 12. The minimum atomic E-state index is -0.912. The number of pyridine rings is 1. The fraction of sp³-hybridized carbons (Fsp3) is 0.386. The number of nitrogens with one attached hydrogen (secondary N) is 2. The number of anilines is 1. The monoisotopic (exact) mass is 817 g/mol. The summed E-state index contributed by atoms with van der Waals surface area (Å²) in [5, 5.41) is 35.3. The lowest BCUT2D eigenvalue weighted by molar-refractivity contribution is -0.144. The fourth-order valence-corrected chi connectivity index (χ4v) is 8.46. The van der Waals surface area contributed by atoms with Gasteiger partial charge in [0.15, 0.2) is 0 Å². The third kappa shape index (κ3) is 9.59. The van der Waals surface area contributed by atoms with Crippen LogP contribution in [-0.4, -0.2) is 115 Å². The van der Waals surface area contributed by atoms with Crippen LogP contribution in [0.5, 0.6) is 5.75 Å². The maximum atomic E-state index is 14.2. The Labute approximate surface area is 348 Å². The van der Waals surface area contributed by atoms with Gasteiger partial charge in [-0.15, -0.1) is 11.3 Å². The van der Waals surface area contributed by atoms with Gasteiger partial charge in [-0.05, 0) is 60.7 Å². The number of aliphatic hydroxyl groups is 1. The van der Waals surface area contributed by atoms with Gasteiger partial charge in [0.05, 0.1) is 46.7 Å². The number of aromatic hydroxyl groups is 1. The highest BCUT2D eigenvalue weighted by atomic mass is 32.1. The number of β-amino-alcohol motifs (C(OH)–C–C–N with tert-alkyl or cyclic N) is 1. The second-order valence-corrected chi connectivity index (χ2v) is 17.3. The highest BCUT2D eigenvalue weighted by Crippen LogP contribution is 2.32. The second-order valence-electron chi connectivity index (χ2n) is 16.4. The standard InChI is InChI=1S/C44H51N9O5S/c1-27(29-10-12-30(13-11-29)40-28(2)46-26-59-40)48-42(57)36-21-33(54)24-53(36)43(58)41(44(3,4)5)49-39(56)25-51-16-18-52(19-17-51)38-15-14-31(22-45-38)32-20-35(50-47-23-32)34-8-6-7-9-37(34)55/h6-15,20,22-23,26-27,33,36,41,54-55H,16-19,21,24-25H2,1-5H3,(H,48,57)(H,49,56)/t27-,33+,36-,41?/m0/s1. The zero-order chi connectivity index (χ0) is 41.8. The quantitative estimate of drug-likeness (QED) is 0.144. The van der Waals surface area contributed by atoms with Crippen molar-refractivity contribution in [2.75, 3.05) is 44.2 Å². The third-order valence-corrected chi connectivity index (χ3v) is 12.0. The Bertz CT molecular complexity index is 2270. The lowest BCUT2D eigenvalue weighted by atomic mass is 9.85. The van der Waals surface area contributed by atoms with E-state index in [0.717, 1.165) is 38.6 Å². The number of para-hydroxylation sites is 1. The molecule has 2 aliphatic rings. The fourth-order valence-electron chi connectivity index (χ4n) is 7.65. The van der Waals surface area contributed by atoms with Crippen LogP contribution in [0.15, 0.2) is 84.6 Å². The smallest absolute Gasteiger partial charge is 0.246 e. The number of amides is 3. The molecular formula is C44H51N9O5S. The van der Waals surface area contributed by atoms with Gasteiger partial charge < -0.3 is 30.6 Å². The molecule has 2 aliphatic heterocycles. The molecule has 5 heterocycles. The zero-order valence-corrected chi connectivity index (χ0v) is 34.8. The van der Waals surface area contributed by atoms with Crippen molar-refractivity contribution >= 4 is 34.9 Å². The van der Waals surface area contributed by atoms with Crippen LogP contribution in [-0.2, 0) is 14.4 Å². The number of hydrogen-bond donors (Lipinski definition) is 4. The Kier molecular flexibility index (Phi) is 12.4. The molecule has 14 nitrogen and oxygen atoms in total. The number of aryl methyl sites for hydroxylation is 1. The van der Waals surface area contributed by atoms with Gasteiger partial charge in [-0.25, -0.2) is 9.97 Å².